The molecule has 192 valence electrons. The first kappa shape index (κ1) is 26.3. The Morgan fingerprint density at radius 1 is 1.39 bits per heavy atom. The quantitative estimate of drug-likeness (QED) is 0.119. The molecule has 2 aliphatic heterocycles. The van der Waals surface area contributed by atoms with Gasteiger partial charge in [0.15, 0.2) is 9.47 Å². The van der Waals surface area contributed by atoms with Crippen LogP contribution in [0, 0.1) is 0 Å². The van der Waals surface area contributed by atoms with E-state index in [2.05, 4.69) is 30.0 Å². The minimum atomic E-state index is -1.21. The molecule has 2 aliphatic rings. The van der Waals surface area contributed by atoms with Gasteiger partial charge in [0.1, 0.15) is 28.7 Å². The second kappa shape index (κ2) is 11.5. The van der Waals surface area contributed by atoms with E-state index >= 15 is 0 Å². The number of β-lactam (4-membered cyclic amide) rings is 1. The average molecular weight is 572 g/mol. The summed E-state index contributed by atoms with van der Waals surface area (Å²) in [6.45, 7) is 2.35. The van der Waals surface area contributed by atoms with Crippen LogP contribution in [-0.2, 0) is 25.6 Å². The molecule has 14 nitrogen and oxygen atoms in total. The fourth-order valence-electron chi connectivity index (χ4n) is 3.32. The SMILES string of the molecule is CCON=C(C(=O)NC1C(=O)N2C(C(=O)O)=C(CSc3nnc(CCN)s3)CS[C@@H]12)c1nsc(N)n1. The molecule has 36 heavy (non-hydrogen) atoms. The zero-order chi connectivity index (χ0) is 25.8. The highest BCUT2D eigenvalue weighted by Crippen LogP contribution is 2.41. The number of anilines is 1. The molecule has 0 spiro atoms. The van der Waals surface area contributed by atoms with Gasteiger partial charge in [0.05, 0.1) is 0 Å². The standard InChI is InChI=1S/C18H21N9O5S4/c1-2-32-25-9(12-22-17(20)36-26-12)13(28)21-10-14(29)27-11(16(30)31)7(5-33-15(10)27)6-34-18-24-23-8(35-18)3-4-19/h10,15H,2-6,19H2,1H3,(H,21,28)(H,30,31)(H2,20,22,26)/t10?,15-/m0/s1. The molecule has 2 atom stereocenters. The van der Waals surface area contributed by atoms with E-state index in [0.29, 0.717) is 34.4 Å². The molecule has 1 unspecified atom stereocenters. The van der Waals surface area contributed by atoms with Crippen LogP contribution in [0.1, 0.15) is 17.8 Å². The van der Waals surface area contributed by atoms with E-state index in [9.17, 15) is 19.5 Å². The zero-order valence-electron chi connectivity index (χ0n) is 18.7. The van der Waals surface area contributed by atoms with Crippen molar-refractivity contribution in [2.24, 2.45) is 10.9 Å². The fraction of sp³-hybridized carbons (Fsp3) is 0.444. The number of nitrogens with one attached hydrogen (secondary N) is 1. The highest BCUT2D eigenvalue weighted by molar-refractivity contribution is 8.01. The van der Waals surface area contributed by atoms with Crippen LogP contribution in [0.3, 0.4) is 0 Å². The van der Waals surface area contributed by atoms with Crippen LogP contribution >= 0.6 is 46.4 Å². The third-order valence-electron chi connectivity index (χ3n) is 4.87. The molecular formula is C18H21N9O5S4. The van der Waals surface area contributed by atoms with Crippen LogP contribution in [0.2, 0.25) is 0 Å². The Morgan fingerprint density at radius 2 is 2.19 bits per heavy atom. The van der Waals surface area contributed by atoms with E-state index in [4.69, 9.17) is 16.3 Å². The van der Waals surface area contributed by atoms with Crippen molar-refractivity contribution in [3.05, 3.63) is 22.1 Å². The number of aromatic nitrogens is 4. The van der Waals surface area contributed by atoms with Gasteiger partial charge in [0.2, 0.25) is 11.5 Å². The molecule has 4 heterocycles. The summed E-state index contributed by atoms with van der Waals surface area (Å²) < 4.78 is 4.67. The number of nitrogens with two attached hydrogens (primary N) is 2. The number of carbonyl (C=O) groups excluding carboxylic acids is 2. The molecule has 2 aromatic heterocycles. The highest BCUT2D eigenvalue weighted by atomic mass is 32.2. The largest absolute Gasteiger partial charge is 0.477 e. The van der Waals surface area contributed by atoms with Crippen LogP contribution in [0.5, 0.6) is 0 Å². The molecule has 2 aromatic rings. The first-order valence-electron chi connectivity index (χ1n) is 10.5. The highest BCUT2D eigenvalue weighted by Gasteiger charge is 2.54. The Bertz CT molecular complexity index is 1230. The molecule has 4 rings (SSSR count). The molecule has 0 bridgehead atoms. The number of rotatable bonds is 11. The van der Waals surface area contributed by atoms with Crippen molar-refractivity contribution in [2.45, 2.75) is 29.1 Å². The summed E-state index contributed by atoms with van der Waals surface area (Å²) in [5.41, 5.74) is 11.4. The van der Waals surface area contributed by atoms with Gasteiger partial charge in [0, 0.05) is 29.5 Å². The lowest BCUT2D eigenvalue weighted by Gasteiger charge is -2.49. The first-order valence-corrected chi connectivity index (χ1v) is 14.1. The van der Waals surface area contributed by atoms with E-state index < -0.39 is 29.2 Å². The topological polar surface area (TPSA) is 212 Å². The number of amides is 2. The molecule has 0 aromatic carbocycles. The van der Waals surface area contributed by atoms with Crippen molar-refractivity contribution in [1.29, 1.82) is 0 Å². The summed E-state index contributed by atoms with van der Waals surface area (Å²) in [6, 6.07) is -0.948. The maximum absolute atomic E-state index is 13.0. The van der Waals surface area contributed by atoms with Gasteiger partial charge in [-0.05, 0) is 19.0 Å². The van der Waals surface area contributed by atoms with E-state index in [1.807, 2.05) is 0 Å². The van der Waals surface area contributed by atoms with Crippen molar-refractivity contribution in [3.63, 3.8) is 0 Å². The number of aliphatic carboxylic acids is 1. The zero-order valence-corrected chi connectivity index (χ0v) is 22.0. The van der Waals surface area contributed by atoms with E-state index in [1.165, 1.54) is 39.8 Å². The number of hydrogen-bond acceptors (Lipinski definition) is 15. The Balaban J connectivity index is 1.46. The summed E-state index contributed by atoms with van der Waals surface area (Å²) in [5, 5.41) is 24.8. The second-order valence-electron chi connectivity index (χ2n) is 7.22. The summed E-state index contributed by atoms with van der Waals surface area (Å²) in [6.07, 6.45) is 0.622. The molecule has 2 amide bonds. The number of fused-ring (bicyclic) bond motifs is 1. The number of carboxylic acids is 1. The Morgan fingerprint density at radius 3 is 2.86 bits per heavy atom. The number of thioether (sulfide) groups is 2. The molecule has 6 N–H and O–H groups in total. The van der Waals surface area contributed by atoms with Crippen LogP contribution in [0.25, 0.3) is 0 Å². The van der Waals surface area contributed by atoms with Crippen LogP contribution in [0.4, 0.5) is 5.13 Å². The third-order valence-corrected chi connectivity index (χ3v) is 8.95. The predicted octanol–water partition coefficient (Wildman–Crippen LogP) is -0.255. The number of nitrogens with zero attached hydrogens (tertiary/aromatic N) is 6. The van der Waals surface area contributed by atoms with Crippen molar-refractivity contribution in [2.75, 3.05) is 30.4 Å². The van der Waals surface area contributed by atoms with Gasteiger partial charge in [-0.1, -0.05) is 28.3 Å². The van der Waals surface area contributed by atoms with E-state index in [1.54, 1.807) is 6.92 Å². The number of carbonyl (C=O) groups is 3. The average Bonchev–Trinajstić information content (AvgIpc) is 3.49. The normalized spacial score (nSPS) is 19.7. The Hall–Kier alpha value is -2.80. The van der Waals surface area contributed by atoms with Crippen molar-refractivity contribution in [3.8, 4) is 0 Å². The summed E-state index contributed by atoms with van der Waals surface area (Å²) in [4.78, 5) is 48.1. The smallest absolute Gasteiger partial charge is 0.352 e. The van der Waals surface area contributed by atoms with Crippen molar-refractivity contribution in [1.82, 2.24) is 29.8 Å². The van der Waals surface area contributed by atoms with E-state index in [-0.39, 0.29) is 29.0 Å². The van der Waals surface area contributed by atoms with Crippen LogP contribution < -0.4 is 16.8 Å². The monoisotopic (exact) mass is 571 g/mol. The number of nitrogen functional groups attached to an aromatic ring is 1. The lowest BCUT2D eigenvalue weighted by molar-refractivity contribution is -0.150. The van der Waals surface area contributed by atoms with Gasteiger partial charge in [-0.2, -0.15) is 9.36 Å². The molecule has 0 radical (unpaired) electrons. The third kappa shape index (κ3) is 5.46. The van der Waals surface area contributed by atoms with Gasteiger partial charge in [-0.25, -0.2) is 4.79 Å². The van der Waals surface area contributed by atoms with Gasteiger partial charge in [0.25, 0.3) is 11.8 Å². The van der Waals surface area contributed by atoms with Crippen LogP contribution in [0.15, 0.2) is 20.8 Å². The van der Waals surface area contributed by atoms with Crippen molar-refractivity contribution < 1.29 is 24.3 Å². The second-order valence-corrected chi connectivity index (χ2v) is 11.4. The van der Waals surface area contributed by atoms with E-state index in [0.717, 1.165) is 16.5 Å². The predicted molar refractivity (Wildman–Crippen MR) is 136 cm³/mol. The maximum atomic E-state index is 13.0. The number of oxime groups is 1. The van der Waals surface area contributed by atoms with Gasteiger partial charge in [-0.3, -0.25) is 14.5 Å². The maximum Gasteiger partial charge on any atom is 0.352 e. The summed E-state index contributed by atoms with van der Waals surface area (Å²) in [5.74, 6) is -1.80. The van der Waals surface area contributed by atoms with Gasteiger partial charge >= 0.3 is 5.97 Å². The van der Waals surface area contributed by atoms with Crippen LogP contribution in [-0.4, -0.2) is 89.1 Å². The fourth-order valence-corrected chi connectivity index (χ4v) is 7.15. The molecule has 0 aliphatic carbocycles. The van der Waals surface area contributed by atoms with Gasteiger partial charge < -0.3 is 26.7 Å². The first-order chi connectivity index (χ1) is 17.3. The van der Waals surface area contributed by atoms with Crippen molar-refractivity contribution >= 4 is 75.0 Å². The molecule has 0 saturated carbocycles. The molecular weight excluding hydrogens is 551 g/mol. The Kier molecular flexibility index (Phi) is 8.39. The lowest BCUT2D eigenvalue weighted by Crippen LogP contribution is -2.71. The number of hydrogen-bond donors (Lipinski definition) is 4. The number of carboxylic acid groups (broad SMARTS) is 1. The summed E-state index contributed by atoms with van der Waals surface area (Å²) >= 11 is 5.00. The lowest BCUT2D eigenvalue weighted by atomic mass is 10.0. The Labute approximate surface area is 221 Å². The molecule has 18 heteroatoms. The summed E-state index contributed by atoms with van der Waals surface area (Å²) in [7, 11) is 0. The van der Waals surface area contributed by atoms with Gasteiger partial charge in [-0.15, -0.1) is 22.0 Å². The minimum absolute atomic E-state index is 0.0277. The molecule has 1 fully saturated rings. The minimum Gasteiger partial charge on any atom is -0.477 e. The molecule has 1 saturated heterocycles.